The van der Waals surface area contributed by atoms with Crippen molar-refractivity contribution in [3.8, 4) is 0 Å². The van der Waals surface area contributed by atoms with E-state index in [1.807, 2.05) is 53.4 Å². The maximum Gasteiger partial charge on any atom is 0.258 e. The second-order valence-corrected chi connectivity index (χ2v) is 5.26. The molecular formula is C18H20N2O. The summed E-state index contributed by atoms with van der Waals surface area (Å²) in [5.74, 6) is 0.101. The normalized spacial score (nSPS) is 14.0. The van der Waals surface area contributed by atoms with Crippen molar-refractivity contribution in [1.82, 2.24) is 0 Å². The lowest BCUT2D eigenvalue weighted by Gasteiger charge is -2.23. The van der Waals surface area contributed by atoms with E-state index in [-0.39, 0.29) is 5.91 Å². The molecule has 3 heteroatoms. The first kappa shape index (κ1) is 13.7. The number of benzene rings is 2. The van der Waals surface area contributed by atoms with Gasteiger partial charge >= 0.3 is 0 Å². The van der Waals surface area contributed by atoms with E-state index in [0.717, 1.165) is 48.4 Å². The maximum absolute atomic E-state index is 13.0. The molecule has 0 aromatic heterocycles. The largest absolute Gasteiger partial charge is 0.383 e. The Hall–Kier alpha value is -2.29. The summed E-state index contributed by atoms with van der Waals surface area (Å²) in [6.07, 6.45) is 1.82. The van der Waals surface area contributed by atoms with Crippen LogP contribution < -0.4 is 10.2 Å². The Morgan fingerprint density at radius 1 is 1.14 bits per heavy atom. The number of amides is 1. The van der Waals surface area contributed by atoms with E-state index in [1.54, 1.807) is 0 Å². The SMILES string of the molecule is CCc1ccccc1C(=O)N1CCCNc2ccccc21. The zero-order chi connectivity index (χ0) is 14.7. The lowest BCUT2D eigenvalue weighted by atomic mass is 10.0. The average Bonchev–Trinajstić information content (AvgIpc) is 2.76. The summed E-state index contributed by atoms with van der Waals surface area (Å²) in [7, 11) is 0. The number of carbonyl (C=O) groups is 1. The van der Waals surface area contributed by atoms with E-state index in [1.165, 1.54) is 0 Å². The first-order valence-electron chi connectivity index (χ1n) is 7.54. The molecule has 0 bridgehead atoms. The van der Waals surface area contributed by atoms with Crippen molar-refractivity contribution in [2.45, 2.75) is 19.8 Å². The molecule has 0 aliphatic carbocycles. The summed E-state index contributed by atoms with van der Waals surface area (Å²) in [5.41, 5.74) is 3.94. The lowest BCUT2D eigenvalue weighted by Crippen LogP contribution is -2.32. The number of nitrogens with zero attached hydrogens (tertiary/aromatic N) is 1. The molecule has 0 fully saturated rings. The molecule has 0 spiro atoms. The molecule has 108 valence electrons. The van der Waals surface area contributed by atoms with Crippen LogP contribution in [0.1, 0.15) is 29.3 Å². The minimum atomic E-state index is 0.101. The van der Waals surface area contributed by atoms with Crippen LogP contribution in [0, 0.1) is 0 Å². The second-order valence-electron chi connectivity index (χ2n) is 5.26. The average molecular weight is 280 g/mol. The van der Waals surface area contributed by atoms with Gasteiger partial charge in [0.2, 0.25) is 0 Å². The smallest absolute Gasteiger partial charge is 0.258 e. The van der Waals surface area contributed by atoms with Crippen molar-refractivity contribution in [3.63, 3.8) is 0 Å². The Morgan fingerprint density at radius 3 is 2.76 bits per heavy atom. The molecule has 0 saturated carbocycles. The van der Waals surface area contributed by atoms with Crippen LogP contribution in [0.4, 0.5) is 11.4 Å². The first-order valence-corrected chi connectivity index (χ1v) is 7.54. The summed E-state index contributed by atoms with van der Waals surface area (Å²) >= 11 is 0. The fourth-order valence-corrected chi connectivity index (χ4v) is 2.83. The van der Waals surface area contributed by atoms with Gasteiger partial charge in [0.05, 0.1) is 11.4 Å². The highest BCUT2D eigenvalue weighted by Gasteiger charge is 2.23. The second kappa shape index (κ2) is 6.00. The van der Waals surface area contributed by atoms with E-state index < -0.39 is 0 Å². The minimum Gasteiger partial charge on any atom is -0.383 e. The molecule has 2 aromatic rings. The Balaban J connectivity index is 2.01. The van der Waals surface area contributed by atoms with Crippen molar-refractivity contribution >= 4 is 17.3 Å². The van der Waals surface area contributed by atoms with Gasteiger partial charge in [0.1, 0.15) is 0 Å². The highest BCUT2D eigenvalue weighted by atomic mass is 16.2. The van der Waals surface area contributed by atoms with Crippen LogP contribution in [0.15, 0.2) is 48.5 Å². The summed E-state index contributed by atoms with van der Waals surface area (Å²) in [6.45, 7) is 3.74. The van der Waals surface area contributed by atoms with Crippen molar-refractivity contribution in [1.29, 1.82) is 0 Å². The zero-order valence-electron chi connectivity index (χ0n) is 12.3. The van der Waals surface area contributed by atoms with Gasteiger partial charge in [-0.1, -0.05) is 37.3 Å². The molecule has 3 nitrogen and oxygen atoms in total. The van der Waals surface area contributed by atoms with Gasteiger partial charge in [-0.2, -0.15) is 0 Å². The molecule has 21 heavy (non-hydrogen) atoms. The Bertz CT molecular complexity index is 651. The van der Waals surface area contributed by atoms with Gasteiger partial charge in [-0.15, -0.1) is 0 Å². The molecular weight excluding hydrogens is 260 g/mol. The molecule has 1 N–H and O–H groups in total. The Labute approximate surface area is 125 Å². The van der Waals surface area contributed by atoms with Gasteiger partial charge in [0.15, 0.2) is 0 Å². The van der Waals surface area contributed by atoms with Crippen LogP contribution in [0.2, 0.25) is 0 Å². The number of nitrogens with one attached hydrogen (secondary N) is 1. The molecule has 1 aliphatic rings. The number of hydrogen-bond donors (Lipinski definition) is 1. The quantitative estimate of drug-likeness (QED) is 0.909. The number of rotatable bonds is 2. The highest BCUT2D eigenvalue weighted by Crippen LogP contribution is 2.29. The van der Waals surface area contributed by atoms with Crippen molar-refractivity contribution in [2.24, 2.45) is 0 Å². The fourth-order valence-electron chi connectivity index (χ4n) is 2.83. The van der Waals surface area contributed by atoms with Gasteiger partial charge in [-0.25, -0.2) is 0 Å². The van der Waals surface area contributed by atoms with E-state index in [9.17, 15) is 4.79 Å². The van der Waals surface area contributed by atoms with Crippen LogP contribution in [-0.2, 0) is 6.42 Å². The molecule has 0 saturated heterocycles. The van der Waals surface area contributed by atoms with Crippen molar-refractivity contribution in [2.75, 3.05) is 23.3 Å². The van der Waals surface area contributed by atoms with Crippen LogP contribution in [0.25, 0.3) is 0 Å². The van der Waals surface area contributed by atoms with Crippen LogP contribution in [-0.4, -0.2) is 19.0 Å². The zero-order valence-corrected chi connectivity index (χ0v) is 12.3. The van der Waals surface area contributed by atoms with Crippen LogP contribution in [0.5, 0.6) is 0 Å². The van der Waals surface area contributed by atoms with Gasteiger partial charge in [-0.3, -0.25) is 4.79 Å². The molecule has 0 unspecified atom stereocenters. The predicted octanol–water partition coefficient (Wildman–Crippen LogP) is 3.71. The topological polar surface area (TPSA) is 32.3 Å². The van der Waals surface area contributed by atoms with Crippen molar-refractivity contribution in [3.05, 3.63) is 59.7 Å². The molecule has 3 rings (SSSR count). The molecule has 1 aliphatic heterocycles. The monoisotopic (exact) mass is 280 g/mol. The van der Waals surface area contributed by atoms with Gasteiger partial charge in [-0.05, 0) is 36.6 Å². The molecule has 0 atom stereocenters. The maximum atomic E-state index is 13.0. The Kier molecular flexibility index (Phi) is 3.91. The summed E-state index contributed by atoms with van der Waals surface area (Å²) in [4.78, 5) is 14.9. The number of anilines is 2. The van der Waals surface area contributed by atoms with Crippen LogP contribution in [0.3, 0.4) is 0 Å². The molecule has 1 amide bonds. The lowest BCUT2D eigenvalue weighted by molar-refractivity contribution is 0.0986. The van der Waals surface area contributed by atoms with E-state index in [4.69, 9.17) is 0 Å². The van der Waals surface area contributed by atoms with Gasteiger partial charge in [0, 0.05) is 18.7 Å². The van der Waals surface area contributed by atoms with Crippen molar-refractivity contribution < 1.29 is 4.79 Å². The number of carbonyl (C=O) groups excluding carboxylic acids is 1. The summed E-state index contributed by atoms with van der Waals surface area (Å²) < 4.78 is 0. The van der Waals surface area contributed by atoms with E-state index in [0.29, 0.717) is 0 Å². The van der Waals surface area contributed by atoms with E-state index in [2.05, 4.69) is 12.2 Å². The number of para-hydroxylation sites is 2. The fraction of sp³-hybridized carbons (Fsp3) is 0.278. The Morgan fingerprint density at radius 2 is 1.90 bits per heavy atom. The molecule has 1 heterocycles. The minimum absolute atomic E-state index is 0.101. The number of aryl methyl sites for hydroxylation is 1. The predicted molar refractivity (Wildman–Crippen MR) is 87.0 cm³/mol. The third-order valence-corrected chi connectivity index (χ3v) is 3.94. The molecule has 2 aromatic carbocycles. The van der Waals surface area contributed by atoms with Gasteiger partial charge in [0.25, 0.3) is 5.91 Å². The number of fused-ring (bicyclic) bond motifs is 1. The molecule has 0 radical (unpaired) electrons. The summed E-state index contributed by atoms with van der Waals surface area (Å²) in [6, 6.07) is 15.9. The highest BCUT2D eigenvalue weighted by molar-refractivity contribution is 6.08. The first-order chi connectivity index (χ1) is 10.3. The standard InChI is InChI=1S/C18H20N2O/c1-2-14-8-3-4-9-15(14)18(21)20-13-7-12-19-16-10-5-6-11-17(16)20/h3-6,8-11,19H,2,7,12-13H2,1H3. The third-order valence-electron chi connectivity index (χ3n) is 3.94. The van der Waals surface area contributed by atoms with Crippen LogP contribution >= 0.6 is 0 Å². The van der Waals surface area contributed by atoms with Gasteiger partial charge < -0.3 is 10.2 Å². The summed E-state index contributed by atoms with van der Waals surface area (Å²) in [5, 5.41) is 3.40. The van der Waals surface area contributed by atoms with E-state index >= 15 is 0 Å². The number of hydrogen-bond acceptors (Lipinski definition) is 2. The third kappa shape index (κ3) is 2.64.